The van der Waals surface area contributed by atoms with E-state index in [4.69, 9.17) is 5.11 Å². The van der Waals surface area contributed by atoms with Gasteiger partial charge in [-0.15, -0.1) is 11.3 Å². The molecule has 0 fully saturated rings. The van der Waals surface area contributed by atoms with Crippen LogP contribution in [-0.2, 0) is 14.8 Å². The number of aliphatic hydroxyl groups excluding tert-OH is 1. The molecule has 4 aromatic rings. The van der Waals surface area contributed by atoms with Crippen LogP contribution in [0.4, 0.5) is 5.13 Å². The number of anilines is 1. The Morgan fingerprint density at radius 2 is 1.68 bits per heavy atom. The second kappa shape index (κ2) is 9.91. The third kappa shape index (κ3) is 4.84. The topological polar surface area (TPSA) is 157 Å². The van der Waals surface area contributed by atoms with E-state index in [-0.39, 0.29) is 33.2 Å². The van der Waals surface area contributed by atoms with E-state index in [9.17, 15) is 28.2 Å². The number of sulfonamides is 1. The standard InChI is InChI=1S/C14H13N3O4S2.C11H8O3/c1-8-7-15-14(22-8)16-13(19)11-12(18)9-5-3-4-6-10(9)23(20,21)17(11)2;12-10-8-4-2-1-3-7(8)5-6-9(10)11(13)14/h3-7,18H,1-2H3,(H,15,16,19);1-6,12H,(H,13,14). The number of carbonyl (C=O) groups is 2. The van der Waals surface area contributed by atoms with Gasteiger partial charge in [-0.3, -0.25) is 14.4 Å². The molecule has 37 heavy (non-hydrogen) atoms. The van der Waals surface area contributed by atoms with Gasteiger partial charge in [-0.2, -0.15) is 0 Å². The van der Waals surface area contributed by atoms with Crippen molar-refractivity contribution in [2.75, 3.05) is 12.4 Å². The number of thiazole rings is 1. The molecule has 4 N–H and O–H groups in total. The van der Waals surface area contributed by atoms with Crippen molar-refractivity contribution in [3.05, 3.63) is 88.6 Å². The van der Waals surface area contributed by atoms with Crippen LogP contribution in [0, 0.1) is 6.92 Å². The molecule has 0 spiro atoms. The van der Waals surface area contributed by atoms with Gasteiger partial charge >= 0.3 is 5.97 Å². The normalized spacial score (nSPS) is 13.9. The first kappa shape index (κ1) is 25.7. The molecule has 0 saturated carbocycles. The Morgan fingerprint density at radius 1 is 1.00 bits per heavy atom. The van der Waals surface area contributed by atoms with Crippen LogP contribution in [0.5, 0.6) is 5.75 Å². The van der Waals surface area contributed by atoms with E-state index in [1.807, 2.05) is 19.1 Å². The fourth-order valence-electron chi connectivity index (χ4n) is 3.68. The maximum Gasteiger partial charge on any atom is 0.339 e. The highest BCUT2D eigenvalue weighted by atomic mass is 32.2. The molecule has 190 valence electrons. The molecule has 2 heterocycles. The monoisotopic (exact) mass is 539 g/mol. The lowest BCUT2D eigenvalue weighted by Crippen LogP contribution is -2.37. The van der Waals surface area contributed by atoms with Crippen LogP contribution in [0.3, 0.4) is 0 Å². The van der Waals surface area contributed by atoms with Gasteiger partial charge < -0.3 is 15.3 Å². The van der Waals surface area contributed by atoms with E-state index in [0.29, 0.717) is 10.5 Å². The lowest BCUT2D eigenvalue weighted by molar-refractivity contribution is -0.113. The quantitative estimate of drug-likeness (QED) is 0.302. The number of nitrogens with one attached hydrogen (secondary N) is 1. The fourth-order valence-corrected chi connectivity index (χ4v) is 5.74. The molecular formula is C25H21N3O7S2. The minimum absolute atomic E-state index is 0.0401. The molecule has 1 aliphatic heterocycles. The van der Waals surface area contributed by atoms with E-state index in [1.54, 1.807) is 36.5 Å². The minimum atomic E-state index is -3.90. The summed E-state index contributed by atoms with van der Waals surface area (Å²) in [5, 5.41) is 33.0. The van der Waals surface area contributed by atoms with Crippen molar-refractivity contribution in [3.63, 3.8) is 0 Å². The zero-order chi connectivity index (χ0) is 26.9. The number of aliphatic hydroxyl groups is 1. The van der Waals surface area contributed by atoms with Crippen molar-refractivity contribution in [1.82, 2.24) is 9.29 Å². The average Bonchev–Trinajstić information content (AvgIpc) is 3.28. The summed E-state index contributed by atoms with van der Waals surface area (Å²) in [6, 6.07) is 16.2. The van der Waals surface area contributed by atoms with Gasteiger partial charge in [0.1, 0.15) is 11.3 Å². The maximum absolute atomic E-state index is 12.5. The Balaban J connectivity index is 0.000000195. The van der Waals surface area contributed by atoms with Gasteiger partial charge in [0, 0.05) is 29.1 Å². The number of aromatic nitrogens is 1. The van der Waals surface area contributed by atoms with Gasteiger partial charge in [-0.05, 0) is 30.5 Å². The molecule has 0 bridgehead atoms. The minimum Gasteiger partial charge on any atom is -0.506 e. The molecule has 1 amide bonds. The average molecular weight is 540 g/mol. The number of amides is 1. The Bertz CT molecular complexity index is 1680. The van der Waals surface area contributed by atoms with E-state index in [0.717, 1.165) is 14.6 Å². The molecule has 1 aliphatic rings. The summed E-state index contributed by atoms with van der Waals surface area (Å²) >= 11 is 1.25. The van der Waals surface area contributed by atoms with Gasteiger partial charge in [-0.25, -0.2) is 18.2 Å². The summed E-state index contributed by atoms with van der Waals surface area (Å²) in [6.45, 7) is 1.83. The SMILES string of the molecule is Cc1cnc(NC(=O)C2=C(O)c3ccccc3S(=O)(=O)N2C)s1.O=C(O)c1ccc2ccccc2c1O. The molecule has 0 aliphatic carbocycles. The summed E-state index contributed by atoms with van der Waals surface area (Å²) in [4.78, 5) is 28.0. The summed E-state index contributed by atoms with van der Waals surface area (Å²) < 4.78 is 25.8. The number of phenols is 1. The van der Waals surface area contributed by atoms with Crippen molar-refractivity contribution in [3.8, 4) is 5.75 Å². The predicted octanol–water partition coefficient (Wildman–Crippen LogP) is 4.19. The zero-order valence-corrected chi connectivity index (χ0v) is 21.2. The first-order valence-electron chi connectivity index (χ1n) is 10.7. The van der Waals surface area contributed by atoms with Crippen LogP contribution < -0.4 is 5.32 Å². The summed E-state index contributed by atoms with van der Waals surface area (Å²) in [5.74, 6) is -2.41. The van der Waals surface area contributed by atoms with Crippen molar-refractivity contribution >= 4 is 54.9 Å². The van der Waals surface area contributed by atoms with Crippen LogP contribution in [0.25, 0.3) is 16.5 Å². The van der Waals surface area contributed by atoms with Crippen LogP contribution in [0.1, 0.15) is 20.8 Å². The highest BCUT2D eigenvalue weighted by Gasteiger charge is 2.37. The van der Waals surface area contributed by atoms with E-state index >= 15 is 0 Å². The fraction of sp³-hybridized carbons (Fsp3) is 0.0800. The third-order valence-corrected chi connectivity index (χ3v) is 8.15. The number of aromatic carboxylic acids is 1. The molecule has 0 radical (unpaired) electrons. The number of carboxylic acids is 1. The lowest BCUT2D eigenvalue weighted by Gasteiger charge is -2.28. The van der Waals surface area contributed by atoms with Gasteiger partial charge in [0.05, 0.1) is 4.90 Å². The van der Waals surface area contributed by atoms with Gasteiger partial charge in [0.25, 0.3) is 15.9 Å². The Morgan fingerprint density at radius 3 is 2.35 bits per heavy atom. The first-order valence-corrected chi connectivity index (χ1v) is 13.0. The molecule has 5 rings (SSSR count). The van der Waals surface area contributed by atoms with E-state index in [2.05, 4.69) is 10.3 Å². The third-order valence-electron chi connectivity index (χ3n) is 5.51. The maximum atomic E-state index is 12.5. The number of hydrogen-bond donors (Lipinski definition) is 4. The van der Waals surface area contributed by atoms with Crippen molar-refractivity contribution in [2.24, 2.45) is 0 Å². The van der Waals surface area contributed by atoms with Crippen molar-refractivity contribution < 1.29 is 33.3 Å². The molecule has 0 unspecified atom stereocenters. The number of carbonyl (C=O) groups excluding carboxylic acids is 1. The highest BCUT2D eigenvalue weighted by Crippen LogP contribution is 2.35. The smallest absolute Gasteiger partial charge is 0.339 e. The number of benzene rings is 3. The molecule has 0 saturated heterocycles. The van der Waals surface area contributed by atoms with Gasteiger partial charge in [-0.1, -0.05) is 42.5 Å². The molecule has 0 atom stereocenters. The number of rotatable bonds is 3. The van der Waals surface area contributed by atoms with Crippen LogP contribution in [0.15, 0.2) is 77.5 Å². The van der Waals surface area contributed by atoms with E-state index in [1.165, 1.54) is 36.6 Å². The number of aromatic hydroxyl groups is 1. The number of aryl methyl sites for hydroxylation is 1. The summed E-state index contributed by atoms with van der Waals surface area (Å²) in [7, 11) is -2.67. The largest absolute Gasteiger partial charge is 0.506 e. The zero-order valence-electron chi connectivity index (χ0n) is 19.5. The Labute approximate surface area is 215 Å². The van der Waals surface area contributed by atoms with Gasteiger partial charge in [0.2, 0.25) is 0 Å². The lowest BCUT2D eigenvalue weighted by atomic mass is 10.1. The van der Waals surface area contributed by atoms with Crippen LogP contribution >= 0.6 is 11.3 Å². The molecule has 3 aromatic carbocycles. The number of carboxylic acid groups (broad SMARTS) is 1. The predicted molar refractivity (Wildman–Crippen MR) is 139 cm³/mol. The second-order valence-electron chi connectivity index (χ2n) is 7.88. The number of nitrogens with zero attached hydrogens (tertiary/aromatic N) is 2. The molecule has 1 aromatic heterocycles. The summed E-state index contributed by atoms with van der Waals surface area (Å²) in [6.07, 6.45) is 1.59. The number of fused-ring (bicyclic) bond motifs is 2. The number of hydrogen-bond acceptors (Lipinski definition) is 8. The Kier molecular flexibility index (Phi) is 6.88. The first-order chi connectivity index (χ1) is 17.5. The van der Waals surface area contributed by atoms with Crippen LogP contribution in [-0.4, -0.2) is 52.0 Å². The number of likely N-dealkylation sites (N-methyl/N-ethyl adjacent to an activating group) is 1. The summed E-state index contributed by atoms with van der Waals surface area (Å²) in [5.41, 5.74) is -0.300. The Hall–Kier alpha value is -4.42. The molecular weight excluding hydrogens is 518 g/mol. The van der Waals surface area contributed by atoms with Gasteiger partial charge in [0.15, 0.2) is 16.6 Å². The second-order valence-corrected chi connectivity index (χ2v) is 11.1. The van der Waals surface area contributed by atoms with Crippen molar-refractivity contribution in [2.45, 2.75) is 11.8 Å². The van der Waals surface area contributed by atoms with Crippen LogP contribution in [0.2, 0.25) is 0 Å². The van der Waals surface area contributed by atoms with Crippen molar-refractivity contribution in [1.29, 1.82) is 0 Å². The highest BCUT2D eigenvalue weighted by molar-refractivity contribution is 7.89. The molecule has 12 heteroatoms. The van der Waals surface area contributed by atoms with E-state index < -0.39 is 21.9 Å². The molecule has 10 nitrogen and oxygen atoms in total.